The van der Waals surface area contributed by atoms with Gasteiger partial charge in [0.15, 0.2) is 0 Å². The Morgan fingerprint density at radius 3 is 2.85 bits per heavy atom. The molecule has 4 heteroatoms. The second kappa shape index (κ2) is 4.25. The van der Waals surface area contributed by atoms with Crippen LogP contribution in [0.15, 0.2) is 0 Å². The maximum Gasteiger partial charge on any atom is 0.328 e. The molecule has 13 heavy (non-hydrogen) atoms. The third-order valence-corrected chi connectivity index (χ3v) is 1.86. The zero-order valence-corrected chi connectivity index (χ0v) is 8.00. The van der Waals surface area contributed by atoms with E-state index in [0.717, 1.165) is 0 Å². The quantitative estimate of drug-likeness (QED) is 0.650. The molecule has 0 bridgehead atoms. The number of esters is 1. The van der Waals surface area contributed by atoms with E-state index >= 15 is 0 Å². The Kier molecular flexibility index (Phi) is 3.28. The zero-order chi connectivity index (χ0) is 9.84. The molecule has 0 spiro atoms. The first-order valence-electron chi connectivity index (χ1n) is 4.55. The Morgan fingerprint density at radius 1 is 1.69 bits per heavy atom. The predicted molar refractivity (Wildman–Crippen MR) is 47.0 cm³/mol. The molecule has 0 aromatic heterocycles. The molecule has 0 aromatic rings. The lowest BCUT2D eigenvalue weighted by Gasteiger charge is -2.09. The van der Waals surface area contributed by atoms with Crippen LogP contribution in [0.25, 0.3) is 0 Å². The third-order valence-electron chi connectivity index (χ3n) is 1.86. The van der Waals surface area contributed by atoms with Gasteiger partial charge < -0.3 is 10.1 Å². The van der Waals surface area contributed by atoms with Gasteiger partial charge in [-0.1, -0.05) is 13.8 Å². The summed E-state index contributed by atoms with van der Waals surface area (Å²) in [4.78, 5) is 22.2. The van der Waals surface area contributed by atoms with Gasteiger partial charge >= 0.3 is 5.97 Å². The van der Waals surface area contributed by atoms with E-state index < -0.39 is 6.04 Å². The first-order chi connectivity index (χ1) is 6.09. The summed E-state index contributed by atoms with van der Waals surface area (Å²) >= 11 is 0. The van der Waals surface area contributed by atoms with Gasteiger partial charge in [0, 0.05) is 12.8 Å². The van der Waals surface area contributed by atoms with E-state index in [-0.39, 0.29) is 11.9 Å². The summed E-state index contributed by atoms with van der Waals surface area (Å²) in [5, 5.41) is 2.65. The van der Waals surface area contributed by atoms with Gasteiger partial charge in [0.1, 0.15) is 6.04 Å². The standard InChI is InChI=1S/C9H15NO3/c1-6(2)5-8(11)10-7-3-4-13-9(7)12/h6-7H,3-5H2,1-2H3,(H,10,11). The van der Waals surface area contributed by atoms with Crippen LogP contribution >= 0.6 is 0 Å². The van der Waals surface area contributed by atoms with Crippen molar-refractivity contribution >= 4 is 11.9 Å². The first-order valence-corrected chi connectivity index (χ1v) is 4.55. The van der Waals surface area contributed by atoms with E-state index in [1.807, 2.05) is 13.8 Å². The first kappa shape index (κ1) is 10.0. The highest BCUT2D eigenvalue weighted by Crippen LogP contribution is 2.07. The Morgan fingerprint density at radius 2 is 2.38 bits per heavy atom. The molecule has 1 rings (SSSR count). The minimum absolute atomic E-state index is 0.0705. The third kappa shape index (κ3) is 3.05. The van der Waals surface area contributed by atoms with Gasteiger partial charge in [-0.15, -0.1) is 0 Å². The Bertz CT molecular complexity index is 213. The van der Waals surface area contributed by atoms with Gasteiger partial charge in [0.25, 0.3) is 0 Å². The average Bonchev–Trinajstić information content (AvgIpc) is 2.34. The number of ether oxygens (including phenoxy) is 1. The lowest BCUT2D eigenvalue weighted by molar-refractivity contribution is -0.141. The monoisotopic (exact) mass is 185 g/mol. The van der Waals surface area contributed by atoms with Crippen molar-refractivity contribution in [2.45, 2.75) is 32.7 Å². The Labute approximate surface area is 77.6 Å². The van der Waals surface area contributed by atoms with Crippen LogP contribution in [0.4, 0.5) is 0 Å². The fourth-order valence-electron chi connectivity index (χ4n) is 1.25. The molecule has 74 valence electrons. The second-order valence-corrected chi connectivity index (χ2v) is 3.67. The number of cyclic esters (lactones) is 1. The molecule has 0 aliphatic carbocycles. The lowest BCUT2D eigenvalue weighted by atomic mass is 10.1. The summed E-state index contributed by atoms with van der Waals surface area (Å²) in [6.07, 6.45) is 1.06. The molecule has 1 aliphatic heterocycles. The molecule has 1 amide bonds. The molecular formula is C9H15NO3. The van der Waals surface area contributed by atoms with E-state index in [0.29, 0.717) is 25.4 Å². The number of carbonyl (C=O) groups is 2. The number of nitrogens with one attached hydrogen (secondary N) is 1. The van der Waals surface area contributed by atoms with Crippen LogP contribution in [-0.2, 0) is 14.3 Å². The average molecular weight is 185 g/mol. The van der Waals surface area contributed by atoms with Crippen LogP contribution in [0.3, 0.4) is 0 Å². The van der Waals surface area contributed by atoms with Crippen LogP contribution < -0.4 is 5.32 Å². The van der Waals surface area contributed by atoms with Crippen LogP contribution in [0.2, 0.25) is 0 Å². The number of hydrogen-bond acceptors (Lipinski definition) is 3. The van der Waals surface area contributed by atoms with Gasteiger partial charge in [-0.25, -0.2) is 4.79 Å². The minimum atomic E-state index is -0.411. The molecule has 1 aliphatic rings. The van der Waals surface area contributed by atoms with Crippen LogP contribution in [0.5, 0.6) is 0 Å². The molecule has 0 saturated carbocycles. The topological polar surface area (TPSA) is 55.4 Å². The van der Waals surface area contributed by atoms with Crippen molar-refractivity contribution in [3.63, 3.8) is 0 Å². The molecule has 1 atom stereocenters. The summed E-state index contributed by atoms with van der Waals surface area (Å²) < 4.78 is 4.72. The van der Waals surface area contributed by atoms with Crippen molar-refractivity contribution in [1.82, 2.24) is 5.32 Å². The number of amides is 1. The van der Waals surface area contributed by atoms with Crippen molar-refractivity contribution in [3.8, 4) is 0 Å². The van der Waals surface area contributed by atoms with Crippen molar-refractivity contribution in [2.75, 3.05) is 6.61 Å². The summed E-state index contributed by atoms with van der Waals surface area (Å²) in [6.45, 7) is 4.35. The van der Waals surface area contributed by atoms with Crippen LogP contribution in [-0.4, -0.2) is 24.5 Å². The minimum Gasteiger partial charge on any atom is -0.464 e. The van der Waals surface area contributed by atoms with E-state index in [4.69, 9.17) is 4.74 Å². The van der Waals surface area contributed by atoms with E-state index in [9.17, 15) is 9.59 Å². The van der Waals surface area contributed by atoms with E-state index in [1.54, 1.807) is 0 Å². The van der Waals surface area contributed by atoms with E-state index in [1.165, 1.54) is 0 Å². The summed E-state index contributed by atoms with van der Waals surface area (Å²) in [6, 6.07) is -0.411. The molecular weight excluding hydrogens is 170 g/mol. The molecule has 4 nitrogen and oxygen atoms in total. The highest BCUT2D eigenvalue weighted by atomic mass is 16.5. The molecule has 0 radical (unpaired) electrons. The second-order valence-electron chi connectivity index (χ2n) is 3.67. The summed E-state index contributed by atoms with van der Waals surface area (Å²) in [5.41, 5.74) is 0. The number of rotatable bonds is 3. The molecule has 0 aromatic carbocycles. The van der Waals surface area contributed by atoms with Crippen LogP contribution in [0.1, 0.15) is 26.7 Å². The maximum absolute atomic E-state index is 11.2. The predicted octanol–water partition coefficient (Wildman–Crippen LogP) is 0.464. The molecule has 1 N–H and O–H groups in total. The smallest absolute Gasteiger partial charge is 0.328 e. The SMILES string of the molecule is CC(C)CC(=O)NC1CCOC1=O. The van der Waals surface area contributed by atoms with Gasteiger partial charge in [0.05, 0.1) is 6.61 Å². The summed E-state index contributed by atoms with van der Waals surface area (Å²) in [5.74, 6) is -0.0617. The zero-order valence-electron chi connectivity index (χ0n) is 8.00. The fourth-order valence-corrected chi connectivity index (χ4v) is 1.25. The lowest BCUT2D eigenvalue weighted by Crippen LogP contribution is -2.38. The Hall–Kier alpha value is -1.06. The molecule has 1 unspecified atom stereocenters. The van der Waals surface area contributed by atoms with Crippen LogP contribution in [0, 0.1) is 5.92 Å². The van der Waals surface area contributed by atoms with Crippen molar-refractivity contribution in [1.29, 1.82) is 0 Å². The normalized spacial score (nSPS) is 21.8. The number of carbonyl (C=O) groups excluding carboxylic acids is 2. The molecule has 1 saturated heterocycles. The largest absolute Gasteiger partial charge is 0.464 e. The molecule has 1 fully saturated rings. The highest BCUT2D eigenvalue weighted by Gasteiger charge is 2.27. The highest BCUT2D eigenvalue weighted by molar-refractivity contribution is 5.85. The fraction of sp³-hybridized carbons (Fsp3) is 0.778. The van der Waals surface area contributed by atoms with Gasteiger partial charge in [-0.2, -0.15) is 0 Å². The van der Waals surface area contributed by atoms with Crippen molar-refractivity contribution in [2.24, 2.45) is 5.92 Å². The van der Waals surface area contributed by atoms with Gasteiger partial charge in [-0.05, 0) is 5.92 Å². The summed E-state index contributed by atoms with van der Waals surface area (Å²) in [7, 11) is 0. The van der Waals surface area contributed by atoms with E-state index in [2.05, 4.69) is 5.32 Å². The van der Waals surface area contributed by atoms with Crippen molar-refractivity contribution < 1.29 is 14.3 Å². The molecule has 1 heterocycles. The Balaban J connectivity index is 2.31. The van der Waals surface area contributed by atoms with Crippen molar-refractivity contribution in [3.05, 3.63) is 0 Å². The number of hydrogen-bond donors (Lipinski definition) is 1. The maximum atomic E-state index is 11.2. The van der Waals surface area contributed by atoms with Gasteiger partial charge in [-0.3, -0.25) is 4.79 Å². The van der Waals surface area contributed by atoms with Gasteiger partial charge in [0.2, 0.25) is 5.91 Å².